The smallest absolute Gasteiger partial charge is 0.259 e. The van der Waals surface area contributed by atoms with Gasteiger partial charge in [-0.05, 0) is 42.6 Å². The Hall–Kier alpha value is -3.71. The fraction of sp³-hybridized carbons (Fsp3) is 0.0455. The van der Waals surface area contributed by atoms with E-state index in [1.165, 1.54) is 0 Å². The first-order chi connectivity index (χ1) is 14.2. The van der Waals surface area contributed by atoms with Crippen molar-refractivity contribution in [1.29, 1.82) is 0 Å². The zero-order valence-electron chi connectivity index (χ0n) is 15.4. The van der Waals surface area contributed by atoms with Gasteiger partial charge in [0.25, 0.3) is 11.6 Å². The fourth-order valence-corrected chi connectivity index (χ4v) is 4.02. The van der Waals surface area contributed by atoms with Crippen LogP contribution in [-0.4, -0.2) is 16.0 Å². The monoisotopic (exact) mass is 401 g/mol. The minimum atomic E-state index is -0.263. The van der Waals surface area contributed by atoms with Crippen LogP contribution in [0.15, 0.2) is 75.2 Å². The highest BCUT2D eigenvalue weighted by atomic mass is 32.1. The number of pyridine rings is 1. The highest BCUT2D eigenvalue weighted by molar-refractivity contribution is 7.13. The van der Waals surface area contributed by atoms with Gasteiger partial charge in [0.15, 0.2) is 5.76 Å². The summed E-state index contributed by atoms with van der Waals surface area (Å²) in [7, 11) is 0. The zero-order valence-corrected chi connectivity index (χ0v) is 16.2. The van der Waals surface area contributed by atoms with Crippen molar-refractivity contribution >= 4 is 34.0 Å². The number of para-hydroxylation sites is 1. The van der Waals surface area contributed by atoms with E-state index < -0.39 is 0 Å². The Balaban J connectivity index is 1.60. The van der Waals surface area contributed by atoms with E-state index in [-0.39, 0.29) is 5.91 Å². The van der Waals surface area contributed by atoms with Crippen LogP contribution in [0.5, 0.6) is 0 Å². The van der Waals surface area contributed by atoms with Crippen molar-refractivity contribution in [2.45, 2.75) is 6.92 Å². The summed E-state index contributed by atoms with van der Waals surface area (Å²) in [5.41, 5.74) is 3.55. The molecule has 0 atom stereocenters. The zero-order chi connectivity index (χ0) is 19.8. The van der Waals surface area contributed by atoms with Gasteiger partial charge in [0, 0.05) is 16.1 Å². The van der Waals surface area contributed by atoms with Crippen LogP contribution >= 0.6 is 11.3 Å². The van der Waals surface area contributed by atoms with Crippen LogP contribution in [0.3, 0.4) is 0 Å². The quantitative estimate of drug-likeness (QED) is 0.413. The molecule has 4 heterocycles. The Labute approximate surface area is 169 Å². The SMILES string of the molecule is Cc1noc2nc(-c3ccco3)cc(C(=O)Nc3ccccc3-c3cccs3)c12. The summed E-state index contributed by atoms with van der Waals surface area (Å²) >= 11 is 1.62. The molecule has 0 saturated carbocycles. The summed E-state index contributed by atoms with van der Waals surface area (Å²) in [5.74, 6) is 0.287. The number of benzene rings is 1. The number of thiophene rings is 1. The highest BCUT2D eigenvalue weighted by Gasteiger charge is 2.21. The summed E-state index contributed by atoms with van der Waals surface area (Å²) in [5, 5.41) is 9.62. The third kappa shape index (κ3) is 3.11. The number of fused-ring (bicyclic) bond motifs is 1. The number of aromatic nitrogens is 2. The summed E-state index contributed by atoms with van der Waals surface area (Å²) in [6.07, 6.45) is 1.56. The van der Waals surface area contributed by atoms with Crippen LogP contribution in [-0.2, 0) is 0 Å². The van der Waals surface area contributed by atoms with E-state index in [2.05, 4.69) is 15.5 Å². The molecule has 0 spiro atoms. The van der Waals surface area contributed by atoms with Gasteiger partial charge in [-0.15, -0.1) is 11.3 Å². The minimum absolute atomic E-state index is 0.263. The van der Waals surface area contributed by atoms with Gasteiger partial charge in [0.2, 0.25) is 0 Å². The molecule has 5 rings (SSSR count). The molecule has 4 aromatic heterocycles. The van der Waals surface area contributed by atoms with Crippen molar-refractivity contribution in [3.63, 3.8) is 0 Å². The summed E-state index contributed by atoms with van der Waals surface area (Å²) in [4.78, 5) is 18.8. The standard InChI is InChI=1S/C22H15N3O3S/c1-13-20-15(12-17(18-8-4-10-27-18)24-22(20)28-25-13)21(26)23-16-7-3-2-6-14(16)19-9-5-11-29-19/h2-12H,1H3,(H,23,26). The van der Waals surface area contributed by atoms with E-state index in [1.807, 2.05) is 41.8 Å². The molecule has 0 radical (unpaired) electrons. The first-order valence-electron chi connectivity index (χ1n) is 8.96. The van der Waals surface area contributed by atoms with Crippen LogP contribution in [0.4, 0.5) is 5.69 Å². The van der Waals surface area contributed by atoms with Gasteiger partial charge in [0.1, 0.15) is 5.69 Å². The van der Waals surface area contributed by atoms with Gasteiger partial charge in [0.05, 0.1) is 22.9 Å². The Morgan fingerprint density at radius 1 is 1.10 bits per heavy atom. The van der Waals surface area contributed by atoms with Crippen molar-refractivity contribution in [2.75, 3.05) is 5.32 Å². The Morgan fingerprint density at radius 3 is 2.79 bits per heavy atom. The molecule has 1 N–H and O–H groups in total. The topological polar surface area (TPSA) is 81.2 Å². The van der Waals surface area contributed by atoms with Crippen LogP contribution in [0.1, 0.15) is 16.1 Å². The van der Waals surface area contributed by atoms with Crippen molar-refractivity contribution in [3.05, 3.63) is 77.5 Å². The maximum atomic E-state index is 13.3. The lowest BCUT2D eigenvalue weighted by Gasteiger charge is -2.11. The minimum Gasteiger partial charge on any atom is -0.463 e. The predicted octanol–water partition coefficient (Wildman–Crippen LogP) is 5.77. The van der Waals surface area contributed by atoms with Crippen LogP contribution in [0.2, 0.25) is 0 Å². The number of hydrogen-bond acceptors (Lipinski definition) is 6. The Kier molecular flexibility index (Phi) is 4.22. The second kappa shape index (κ2) is 7.03. The van der Waals surface area contributed by atoms with Gasteiger partial charge in [-0.25, -0.2) is 4.98 Å². The number of nitrogens with zero attached hydrogens (tertiary/aromatic N) is 2. The van der Waals surface area contributed by atoms with Gasteiger partial charge >= 0.3 is 0 Å². The number of anilines is 1. The number of amides is 1. The van der Waals surface area contributed by atoms with E-state index in [4.69, 9.17) is 8.94 Å². The maximum absolute atomic E-state index is 13.3. The molecule has 0 unspecified atom stereocenters. The number of aryl methyl sites for hydroxylation is 1. The van der Waals surface area contributed by atoms with Crippen LogP contribution < -0.4 is 5.32 Å². The molecule has 0 aliphatic heterocycles. The number of carbonyl (C=O) groups excluding carboxylic acids is 1. The highest BCUT2D eigenvalue weighted by Crippen LogP contribution is 2.33. The largest absolute Gasteiger partial charge is 0.463 e. The van der Waals surface area contributed by atoms with E-state index >= 15 is 0 Å². The second-order valence-corrected chi connectivity index (χ2v) is 7.41. The third-order valence-corrected chi connectivity index (χ3v) is 5.50. The van der Waals surface area contributed by atoms with E-state index in [9.17, 15) is 4.79 Å². The molecule has 1 aromatic carbocycles. The van der Waals surface area contributed by atoms with E-state index in [0.29, 0.717) is 33.8 Å². The maximum Gasteiger partial charge on any atom is 0.259 e. The van der Waals surface area contributed by atoms with E-state index in [0.717, 1.165) is 16.1 Å². The molecular formula is C22H15N3O3S. The lowest BCUT2D eigenvalue weighted by Crippen LogP contribution is -2.13. The molecule has 0 bridgehead atoms. The van der Waals surface area contributed by atoms with Gasteiger partial charge in [-0.2, -0.15) is 0 Å². The first-order valence-corrected chi connectivity index (χ1v) is 9.84. The summed E-state index contributed by atoms with van der Waals surface area (Å²) < 4.78 is 10.8. The normalized spacial score (nSPS) is 11.1. The summed E-state index contributed by atoms with van der Waals surface area (Å²) in [6, 6.07) is 17.0. The number of hydrogen-bond donors (Lipinski definition) is 1. The number of rotatable bonds is 4. The molecule has 1 amide bonds. The molecule has 0 aliphatic carbocycles. The first kappa shape index (κ1) is 17.4. The lowest BCUT2D eigenvalue weighted by molar-refractivity contribution is 0.102. The van der Waals surface area contributed by atoms with Crippen molar-refractivity contribution < 1.29 is 13.7 Å². The Bertz CT molecular complexity index is 1300. The van der Waals surface area contributed by atoms with E-state index in [1.54, 1.807) is 42.7 Å². The average molecular weight is 401 g/mol. The van der Waals surface area contributed by atoms with Gasteiger partial charge in [-0.3, -0.25) is 4.79 Å². The Morgan fingerprint density at radius 2 is 2.00 bits per heavy atom. The average Bonchev–Trinajstić information content (AvgIpc) is 3.50. The number of nitrogens with one attached hydrogen (secondary N) is 1. The van der Waals surface area contributed by atoms with Crippen LogP contribution in [0, 0.1) is 6.92 Å². The van der Waals surface area contributed by atoms with Crippen molar-refractivity contribution in [1.82, 2.24) is 10.1 Å². The van der Waals surface area contributed by atoms with Crippen molar-refractivity contribution in [3.8, 4) is 21.9 Å². The molecule has 0 fully saturated rings. The third-order valence-electron chi connectivity index (χ3n) is 4.60. The fourth-order valence-electron chi connectivity index (χ4n) is 3.25. The lowest BCUT2D eigenvalue weighted by atomic mass is 10.1. The molecule has 29 heavy (non-hydrogen) atoms. The van der Waals surface area contributed by atoms with Gasteiger partial charge in [-0.1, -0.05) is 29.4 Å². The molecule has 6 nitrogen and oxygen atoms in total. The van der Waals surface area contributed by atoms with Crippen molar-refractivity contribution in [2.24, 2.45) is 0 Å². The van der Waals surface area contributed by atoms with Gasteiger partial charge < -0.3 is 14.3 Å². The molecule has 142 valence electrons. The molecular weight excluding hydrogens is 386 g/mol. The molecule has 0 aliphatic rings. The number of carbonyl (C=O) groups is 1. The predicted molar refractivity (Wildman–Crippen MR) is 112 cm³/mol. The van der Waals surface area contributed by atoms with Crippen LogP contribution in [0.25, 0.3) is 33.0 Å². The molecule has 0 saturated heterocycles. The number of furan rings is 1. The second-order valence-electron chi connectivity index (χ2n) is 6.46. The molecule has 7 heteroatoms. The summed E-state index contributed by atoms with van der Waals surface area (Å²) in [6.45, 7) is 1.79. The molecule has 5 aromatic rings.